The second-order valence-corrected chi connectivity index (χ2v) is 14.3. The average molecular weight is 424 g/mol. The van der Waals surface area contributed by atoms with E-state index in [1.807, 2.05) is 4.57 Å². The summed E-state index contributed by atoms with van der Waals surface area (Å²) < 4.78 is 7.94. The zero-order valence-corrected chi connectivity index (χ0v) is 19.2. The van der Waals surface area contributed by atoms with Crippen molar-refractivity contribution in [3.63, 3.8) is 0 Å². The van der Waals surface area contributed by atoms with Gasteiger partial charge in [-0.25, -0.2) is 9.97 Å². The van der Waals surface area contributed by atoms with E-state index in [4.69, 9.17) is 4.74 Å². The maximum Gasteiger partial charge on any atom is 0.224 e. The lowest BCUT2D eigenvalue weighted by molar-refractivity contribution is -0.116. The van der Waals surface area contributed by atoms with Gasteiger partial charge in [0, 0.05) is 32.7 Å². The molecule has 0 radical (unpaired) electrons. The largest absolute Gasteiger partial charge is 0.361 e. The molecule has 3 rings (SSSR count). The molecule has 3 aromatic heterocycles. The molecular formula is C22H29N5O2Si. The van der Waals surface area contributed by atoms with Crippen molar-refractivity contribution in [2.75, 3.05) is 11.9 Å². The zero-order chi connectivity index (χ0) is 21.7. The molecule has 0 spiro atoms. The smallest absolute Gasteiger partial charge is 0.224 e. The number of unbranched alkanes of at least 4 members (excludes halogenated alkanes) is 1. The summed E-state index contributed by atoms with van der Waals surface area (Å²) in [7, 11) is -1.18. The van der Waals surface area contributed by atoms with E-state index >= 15 is 0 Å². The molecule has 158 valence electrons. The monoisotopic (exact) mass is 423 g/mol. The standard InChI is InChI=1S/C22H29N5O2Si/c1-5-6-7-20(28)26-18-8-9-24-22-21(18)17-12-16(13-23)25-14-19(17)27(22)15-29-10-11-30(2,3)4/h8-9,12,14H,5-7,10-11,15H2,1-4H3,(H,24,26,28). The number of anilines is 1. The first kappa shape index (κ1) is 21.9. The molecule has 0 aliphatic carbocycles. The van der Waals surface area contributed by atoms with E-state index in [-0.39, 0.29) is 5.91 Å². The lowest BCUT2D eigenvalue weighted by Gasteiger charge is -2.16. The van der Waals surface area contributed by atoms with Gasteiger partial charge in [0.05, 0.1) is 22.8 Å². The van der Waals surface area contributed by atoms with Gasteiger partial charge in [0.2, 0.25) is 5.91 Å². The minimum absolute atomic E-state index is 0.0220. The number of pyridine rings is 2. The third kappa shape index (κ3) is 5.04. The Balaban J connectivity index is 2.02. The molecule has 0 bridgehead atoms. The number of nitrogens with zero attached hydrogens (tertiary/aromatic N) is 4. The van der Waals surface area contributed by atoms with Gasteiger partial charge in [-0.05, 0) is 24.6 Å². The maximum absolute atomic E-state index is 12.4. The number of aromatic nitrogens is 3. The number of carbonyl (C=O) groups is 1. The summed E-state index contributed by atoms with van der Waals surface area (Å²) in [5.74, 6) is -0.0220. The molecule has 30 heavy (non-hydrogen) atoms. The van der Waals surface area contributed by atoms with Crippen molar-refractivity contribution in [2.24, 2.45) is 0 Å². The molecule has 0 aliphatic rings. The van der Waals surface area contributed by atoms with Gasteiger partial charge in [0.15, 0.2) is 0 Å². The van der Waals surface area contributed by atoms with E-state index in [1.54, 1.807) is 24.5 Å². The van der Waals surface area contributed by atoms with Crippen molar-refractivity contribution in [3.05, 3.63) is 30.2 Å². The molecule has 0 saturated heterocycles. The molecule has 1 amide bonds. The fourth-order valence-corrected chi connectivity index (χ4v) is 4.04. The second kappa shape index (κ2) is 9.37. The summed E-state index contributed by atoms with van der Waals surface area (Å²) in [6.45, 7) is 10.0. The molecule has 0 unspecified atom stereocenters. The summed E-state index contributed by atoms with van der Waals surface area (Å²) in [5.41, 5.74) is 2.57. The van der Waals surface area contributed by atoms with Crippen LogP contribution in [0.4, 0.5) is 5.69 Å². The summed E-state index contributed by atoms with van der Waals surface area (Å²) >= 11 is 0. The predicted molar refractivity (Wildman–Crippen MR) is 122 cm³/mol. The first-order valence-electron chi connectivity index (χ1n) is 10.4. The van der Waals surface area contributed by atoms with E-state index in [2.05, 4.69) is 47.9 Å². The van der Waals surface area contributed by atoms with Crippen LogP contribution in [0.3, 0.4) is 0 Å². The second-order valence-electron chi connectivity index (χ2n) is 8.68. The predicted octanol–water partition coefficient (Wildman–Crippen LogP) is 4.90. The topological polar surface area (TPSA) is 92.8 Å². The van der Waals surface area contributed by atoms with Crippen molar-refractivity contribution >= 4 is 41.6 Å². The highest BCUT2D eigenvalue weighted by Gasteiger charge is 2.18. The van der Waals surface area contributed by atoms with Gasteiger partial charge in [0.25, 0.3) is 0 Å². The van der Waals surface area contributed by atoms with Gasteiger partial charge in [0.1, 0.15) is 24.1 Å². The number of ether oxygens (including phenoxy) is 1. The molecule has 7 nitrogen and oxygen atoms in total. The van der Waals surface area contributed by atoms with E-state index in [9.17, 15) is 10.1 Å². The quantitative estimate of drug-likeness (QED) is 0.390. The number of amides is 1. The van der Waals surface area contributed by atoms with Crippen LogP contribution in [0.15, 0.2) is 24.5 Å². The molecule has 0 aromatic carbocycles. The Bertz CT molecular complexity index is 1090. The van der Waals surface area contributed by atoms with Gasteiger partial charge in [-0.15, -0.1) is 0 Å². The van der Waals surface area contributed by atoms with Gasteiger partial charge >= 0.3 is 0 Å². The number of carbonyl (C=O) groups excluding carboxylic acids is 1. The van der Waals surface area contributed by atoms with Crippen LogP contribution in [-0.2, 0) is 16.3 Å². The Hall–Kier alpha value is -2.76. The Labute approximate surface area is 178 Å². The maximum atomic E-state index is 12.4. The summed E-state index contributed by atoms with van der Waals surface area (Å²) in [4.78, 5) is 21.2. The first-order valence-corrected chi connectivity index (χ1v) is 14.1. The van der Waals surface area contributed by atoms with Crippen molar-refractivity contribution < 1.29 is 9.53 Å². The Morgan fingerprint density at radius 1 is 1.33 bits per heavy atom. The van der Waals surface area contributed by atoms with Crippen LogP contribution in [-0.4, -0.2) is 35.1 Å². The van der Waals surface area contributed by atoms with E-state index in [0.29, 0.717) is 36.8 Å². The number of hydrogen-bond donors (Lipinski definition) is 1. The van der Waals surface area contributed by atoms with Gasteiger partial charge in [-0.1, -0.05) is 33.0 Å². The molecule has 0 fully saturated rings. The SMILES string of the molecule is CCCCC(=O)Nc1ccnc2c1c1cc(C#N)ncc1n2COCC[Si](C)(C)C. The molecule has 0 aliphatic heterocycles. The van der Waals surface area contributed by atoms with Crippen LogP contribution in [0.5, 0.6) is 0 Å². The Morgan fingerprint density at radius 2 is 2.13 bits per heavy atom. The fourth-order valence-electron chi connectivity index (χ4n) is 3.28. The van der Waals surface area contributed by atoms with Crippen molar-refractivity contribution in [1.29, 1.82) is 5.26 Å². The third-order valence-corrected chi connectivity index (χ3v) is 6.70. The average Bonchev–Trinajstić information content (AvgIpc) is 3.02. The van der Waals surface area contributed by atoms with Crippen molar-refractivity contribution in [1.82, 2.24) is 14.5 Å². The Morgan fingerprint density at radius 3 is 2.83 bits per heavy atom. The highest BCUT2D eigenvalue weighted by atomic mass is 28.3. The molecular weight excluding hydrogens is 394 g/mol. The first-order chi connectivity index (χ1) is 14.3. The van der Waals surface area contributed by atoms with Gasteiger partial charge in [-0.3, -0.25) is 9.36 Å². The summed E-state index contributed by atoms with van der Waals surface area (Å²) in [6, 6.07) is 6.72. The minimum Gasteiger partial charge on any atom is -0.361 e. The van der Waals surface area contributed by atoms with Crippen LogP contribution in [0.1, 0.15) is 31.9 Å². The van der Waals surface area contributed by atoms with Crippen LogP contribution in [0, 0.1) is 11.3 Å². The van der Waals surface area contributed by atoms with Crippen LogP contribution in [0.25, 0.3) is 21.9 Å². The minimum atomic E-state index is -1.18. The number of fused-ring (bicyclic) bond motifs is 3. The number of nitrogens with one attached hydrogen (secondary N) is 1. The van der Waals surface area contributed by atoms with Crippen LogP contribution < -0.4 is 5.32 Å². The molecule has 8 heteroatoms. The summed E-state index contributed by atoms with van der Waals surface area (Å²) in [6.07, 6.45) is 5.65. The van der Waals surface area contributed by atoms with Crippen molar-refractivity contribution in [2.45, 2.75) is 58.6 Å². The van der Waals surface area contributed by atoms with Gasteiger partial charge < -0.3 is 10.1 Å². The Kier molecular flexibility index (Phi) is 6.85. The van der Waals surface area contributed by atoms with E-state index in [1.165, 1.54) is 0 Å². The molecule has 0 atom stereocenters. The molecule has 3 heterocycles. The highest BCUT2D eigenvalue weighted by molar-refractivity contribution is 6.76. The van der Waals surface area contributed by atoms with Crippen molar-refractivity contribution in [3.8, 4) is 6.07 Å². The molecule has 0 saturated carbocycles. The van der Waals surface area contributed by atoms with E-state index in [0.717, 1.165) is 35.2 Å². The number of rotatable bonds is 9. The molecule has 1 N–H and O–H groups in total. The molecule has 3 aromatic rings. The lowest BCUT2D eigenvalue weighted by Crippen LogP contribution is -2.22. The zero-order valence-electron chi connectivity index (χ0n) is 18.2. The number of nitriles is 1. The highest BCUT2D eigenvalue weighted by Crippen LogP contribution is 2.33. The van der Waals surface area contributed by atoms with Crippen LogP contribution in [0.2, 0.25) is 25.7 Å². The number of hydrogen-bond acceptors (Lipinski definition) is 5. The van der Waals surface area contributed by atoms with E-state index < -0.39 is 8.07 Å². The fraction of sp³-hybridized carbons (Fsp3) is 0.455. The lowest BCUT2D eigenvalue weighted by atomic mass is 10.1. The normalized spacial score (nSPS) is 11.7. The third-order valence-electron chi connectivity index (χ3n) is 4.99. The van der Waals surface area contributed by atoms with Crippen LogP contribution >= 0.6 is 0 Å². The van der Waals surface area contributed by atoms with Gasteiger partial charge in [-0.2, -0.15) is 5.26 Å². The summed E-state index contributed by atoms with van der Waals surface area (Å²) in [5, 5.41) is 14.0.